The fourth-order valence-corrected chi connectivity index (χ4v) is 8.38. The molecule has 4 aliphatic rings. The largest absolute Gasteiger partial charge is 0.508 e. The quantitative estimate of drug-likeness (QED) is 0.320. The number of ether oxygens (including phenoxy) is 1. The molecule has 1 aliphatic heterocycles. The topological polar surface area (TPSA) is 118 Å². The molecule has 0 spiro atoms. The van der Waals surface area contributed by atoms with E-state index >= 15 is 0 Å². The minimum atomic E-state index is -1.36. The maximum Gasteiger partial charge on any atom is 0.423 e. The van der Waals surface area contributed by atoms with Gasteiger partial charge in [-0.05, 0) is 60.1 Å². The molecule has 1 heterocycles. The van der Waals surface area contributed by atoms with Gasteiger partial charge in [-0.3, -0.25) is 19.2 Å². The molecule has 3 aromatic rings. The van der Waals surface area contributed by atoms with Crippen LogP contribution < -0.4 is 0 Å². The smallest absolute Gasteiger partial charge is 0.423 e. The number of amides is 3. The van der Waals surface area contributed by atoms with E-state index in [9.17, 15) is 29.1 Å². The van der Waals surface area contributed by atoms with Gasteiger partial charge in [0, 0.05) is 17.4 Å². The molecule has 8 nitrogen and oxygen atoms in total. The number of hydrogen-bond donors (Lipinski definition) is 1. The molecule has 3 aliphatic carbocycles. The summed E-state index contributed by atoms with van der Waals surface area (Å²) in [5.74, 6) is -5.44. The van der Waals surface area contributed by atoms with E-state index < -0.39 is 52.9 Å². The molecule has 6 unspecified atom stereocenters. The molecule has 3 amide bonds. The molecular weight excluding hydrogens is 570 g/mol. The third-order valence-electron chi connectivity index (χ3n) is 10.3. The molecule has 1 saturated heterocycles. The van der Waals surface area contributed by atoms with Crippen LogP contribution in [-0.4, -0.2) is 46.6 Å². The molecule has 226 valence electrons. The lowest BCUT2D eigenvalue weighted by molar-refractivity contribution is -0.138. The second-order valence-corrected chi connectivity index (χ2v) is 12.3. The number of likely N-dealkylation sites (tertiary alicyclic amines) is 1. The van der Waals surface area contributed by atoms with Crippen LogP contribution in [0.5, 0.6) is 5.75 Å². The number of imide groups is 3. The Balaban J connectivity index is 1.50. The summed E-state index contributed by atoms with van der Waals surface area (Å²) in [5.41, 5.74) is 2.36. The number of allylic oxidation sites excluding steroid dienone is 4. The summed E-state index contributed by atoms with van der Waals surface area (Å²) in [4.78, 5) is 70.1. The molecule has 1 N–H and O–H groups in total. The third kappa shape index (κ3) is 4.01. The summed E-state index contributed by atoms with van der Waals surface area (Å²) in [7, 11) is 1.12. The highest BCUT2D eigenvalue weighted by Crippen LogP contribution is 2.63. The lowest BCUT2D eigenvalue weighted by Crippen LogP contribution is -2.58. The second-order valence-electron chi connectivity index (χ2n) is 12.3. The summed E-state index contributed by atoms with van der Waals surface area (Å²) in [6, 6.07) is 23.5. The number of Topliss-reactive ketones (excluding diaryl/α,β-unsaturated/α-hetero) is 1. The van der Waals surface area contributed by atoms with Crippen molar-refractivity contribution in [2.75, 3.05) is 7.11 Å². The van der Waals surface area contributed by atoms with Crippen LogP contribution in [-0.2, 0) is 29.3 Å². The molecule has 0 bridgehead atoms. The Morgan fingerprint density at radius 3 is 2.27 bits per heavy atom. The van der Waals surface area contributed by atoms with E-state index in [1.807, 2.05) is 60.7 Å². The summed E-state index contributed by atoms with van der Waals surface area (Å²) in [6.45, 7) is 1.77. The highest BCUT2D eigenvalue weighted by Gasteiger charge is 2.66. The number of fused-ring (bicyclic) bond motifs is 4. The fourth-order valence-electron chi connectivity index (χ4n) is 8.38. The first kappa shape index (κ1) is 28.6. The zero-order chi connectivity index (χ0) is 31.6. The van der Waals surface area contributed by atoms with Gasteiger partial charge < -0.3 is 9.84 Å². The highest BCUT2D eigenvalue weighted by atomic mass is 16.5. The minimum absolute atomic E-state index is 0.0942. The van der Waals surface area contributed by atoms with Gasteiger partial charge >= 0.3 is 6.09 Å². The predicted octanol–water partition coefficient (Wildman–Crippen LogP) is 5.29. The van der Waals surface area contributed by atoms with Gasteiger partial charge in [-0.25, -0.2) is 4.79 Å². The fraction of sp³-hybridized carbons (Fsp3) is 0.270. The summed E-state index contributed by atoms with van der Waals surface area (Å²) in [6.07, 6.45) is 2.71. The van der Waals surface area contributed by atoms with Crippen LogP contribution in [0.25, 0.3) is 5.57 Å². The number of phenols is 1. The van der Waals surface area contributed by atoms with E-state index in [0.717, 1.165) is 12.7 Å². The summed E-state index contributed by atoms with van der Waals surface area (Å²) < 4.78 is 4.78. The Kier molecular flexibility index (Phi) is 6.69. The van der Waals surface area contributed by atoms with Crippen molar-refractivity contribution in [1.29, 1.82) is 0 Å². The van der Waals surface area contributed by atoms with Gasteiger partial charge in [0.15, 0.2) is 11.6 Å². The van der Waals surface area contributed by atoms with Crippen LogP contribution in [0.15, 0.2) is 96.6 Å². The normalized spacial score (nSPS) is 28.9. The van der Waals surface area contributed by atoms with Crippen LogP contribution in [0.2, 0.25) is 0 Å². The molecule has 8 heteroatoms. The van der Waals surface area contributed by atoms with Gasteiger partial charge in [-0.1, -0.05) is 84.4 Å². The number of benzene rings is 3. The molecule has 7 rings (SSSR count). The molecule has 0 radical (unpaired) electrons. The number of hydrogen-bond acceptors (Lipinski definition) is 7. The first-order valence-corrected chi connectivity index (χ1v) is 15.1. The second kappa shape index (κ2) is 10.5. The number of aryl methyl sites for hydroxylation is 1. The van der Waals surface area contributed by atoms with Gasteiger partial charge in [0.1, 0.15) is 5.75 Å². The van der Waals surface area contributed by atoms with Crippen molar-refractivity contribution in [3.63, 3.8) is 0 Å². The van der Waals surface area contributed by atoms with E-state index in [0.29, 0.717) is 32.7 Å². The molecule has 6 atom stereocenters. The lowest BCUT2D eigenvalue weighted by Gasteiger charge is -2.55. The van der Waals surface area contributed by atoms with Crippen LogP contribution >= 0.6 is 0 Å². The molecule has 2 fully saturated rings. The van der Waals surface area contributed by atoms with Gasteiger partial charge in [0.2, 0.25) is 11.8 Å². The number of nitrogens with zero attached hydrogens (tertiary/aromatic N) is 1. The van der Waals surface area contributed by atoms with Crippen LogP contribution in [0.1, 0.15) is 41.0 Å². The van der Waals surface area contributed by atoms with Crippen LogP contribution in [0.3, 0.4) is 0 Å². The SMILES string of the molecule is COC(=O)N1C(=O)C2CC=C3C(CC4C(=O)C(c5ccccc5)=CC(=O)C4(c4ccccc4)C3c3ccc(O)c(C)c3)C2C1=O. The zero-order valence-electron chi connectivity index (χ0n) is 24.8. The number of aromatic hydroxyl groups is 1. The monoisotopic (exact) mass is 601 g/mol. The van der Waals surface area contributed by atoms with E-state index in [4.69, 9.17) is 4.74 Å². The maximum absolute atomic E-state index is 14.9. The first-order valence-electron chi connectivity index (χ1n) is 15.1. The standard InChI is InChI=1S/C37H31NO7/c1-20-17-22(13-16-29(20)39)32-24-14-15-25-31(35(43)38(34(25)42)36(44)45-2)27(24)18-28-33(41)26(21-9-5-3-6-10-21)19-30(40)37(28,32)23-11-7-4-8-12-23/h3-14,16-17,19,25,27-28,31-32,39H,15,18H2,1-2H3. The zero-order valence-corrected chi connectivity index (χ0v) is 24.8. The average Bonchev–Trinajstić information content (AvgIpc) is 3.32. The lowest BCUT2D eigenvalue weighted by atomic mass is 9.44. The Morgan fingerprint density at radius 1 is 0.911 bits per heavy atom. The average molecular weight is 602 g/mol. The first-order chi connectivity index (χ1) is 21.7. The molecule has 45 heavy (non-hydrogen) atoms. The molecule has 1 saturated carbocycles. The number of ketones is 2. The van der Waals surface area contributed by atoms with Gasteiger partial charge in [-0.15, -0.1) is 0 Å². The predicted molar refractivity (Wildman–Crippen MR) is 164 cm³/mol. The summed E-state index contributed by atoms with van der Waals surface area (Å²) in [5, 5.41) is 10.5. The van der Waals surface area contributed by atoms with Crippen molar-refractivity contribution in [3.8, 4) is 5.75 Å². The Morgan fingerprint density at radius 2 is 1.60 bits per heavy atom. The number of carbonyl (C=O) groups is 5. The van der Waals surface area contributed by atoms with Crippen LogP contribution in [0, 0.1) is 30.6 Å². The van der Waals surface area contributed by atoms with Gasteiger partial charge in [0.05, 0.1) is 24.4 Å². The molecular formula is C37H31NO7. The van der Waals surface area contributed by atoms with Crippen LogP contribution in [0.4, 0.5) is 4.79 Å². The van der Waals surface area contributed by atoms with Gasteiger partial charge in [0.25, 0.3) is 0 Å². The minimum Gasteiger partial charge on any atom is -0.508 e. The number of phenolic OH excluding ortho intramolecular Hbond substituents is 1. The molecule has 0 aromatic heterocycles. The number of carbonyl (C=O) groups excluding carboxylic acids is 5. The van der Waals surface area contributed by atoms with E-state index in [1.54, 1.807) is 31.2 Å². The van der Waals surface area contributed by atoms with Crippen molar-refractivity contribution >= 4 is 35.0 Å². The van der Waals surface area contributed by atoms with Crippen molar-refractivity contribution in [2.24, 2.45) is 23.7 Å². The van der Waals surface area contributed by atoms with Crippen molar-refractivity contribution in [2.45, 2.75) is 31.1 Å². The van der Waals surface area contributed by atoms with E-state index in [2.05, 4.69) is 0 Å². The number of methoxy groups -OCH3 is 1. The van der Waals surface area contributed by atoms with E-state index in [1.165, 1.54) is 6.08 Å². The van der Waals surface area contributed by atoms with Crippen molar-refractivity contribution < 1.29 is 33.8 Å². The van der Waals surface area contributed by atoms with Crippen molar-refractivity contribution in [1.82, 2.24) is 4.90 Å². The summed E-state index contributed by atoms with van der Waals surface area (Å²) >= 11 is 0. The Bertz CT molecular complexity index is 1840. The Labute approximate surface area is 260 Å². The highest BCUT2D eigenvalue weighted by molar-refractivity contribution is 6.31. The Hall–Kier alpha value is -5.11. The van der Waals surface area contributed by atoms with Crippen molar-refractivity contribution in [3.05, 3.63) is 119 Å². The van der Waals surface area contributed by atoms with E-state index in [-0.39, 0.29) is 30.2 Å². The molecule has 3 aromatic carbocycles. The maximum atomic E-state index is 14.9. The van der Waals surface area contributed by atoms with Gasteiger partial charge in [-0.2, -0.15) is 4.90 Å². The third-order valence-corrected chi connectivity index (χ3v) is 10.3. The number of rotatable bonds is 3.